The summed E-state index contributed by atoms with van der Waals surface area (Å²) in [6.07, 6.45) is 1.84. The van der Waals surface area contributed by atoms with E-state index in [0.717, 1.165) is 29.0 Å². The number of carbonyl (C=O) groups is 1. The zero-order chi connectivity index (χ0) is 21.1. The van der Waals surface area contributed by atoms with Crippen molar-refractivity contribution in [2.75, 3.05) is 12.0 Å². The van der Waals surface area contributed by atoms with Crippen LogP contribution >= 0.6 is 11.8 Å². The molecule has 0 saturated heterocycles. The standard InChI is InChI=1S/C20H20F3N3O2S/c1-5-15(27)29-14-10-24-18-25(14)17-12(3)16(28-4)11(2)9-19(17)8-6-7-13(26(18)19)20(21,22)23/h6-8,10H,5,9H2,1-4H3. The number of imidazole rings is 1. The van der Waals surface area contributed by atoms with Crippen molar-refractivity contribution in [3.05, 3.63) is 47.0 Å². The third-order valence-corrected chi connectivity index (χ3v) is 6.44. The molecule has 0 saturated carbocycles. The number of aromatic nitrogens is 2. The van der Waals surface area contributed by atoms with E-state index in [1.54, 1.807) is 24.7 Å². The molecule has 29 heavy (non-hydrogen) atoms. The molecule has 1 spiro atoms. The number of fused-ring (bicyclic) bond motifs is 3. The number of halogens is 3. The Hall–Kier alpha value is -2.42. The summed E-state index contributed by atoms with van der Waals surface area (Å²) >= 11 is 0.993. The average molecular weight is 423 g/mol. The van der Waals surface area contributed by atoms with Gasteiger partial charge in [0.1, 0.15) is 22.0 Å². The first-order chi connectivity index (χ1) is 13.7. The molecule has 0 bridgehead atoms. The summed E-state index contributed by atoms with van der Waals surface area (Å²) in [5.74, 6) is 0.810. The highest BCUT2D eigenvalue weighted by atomic mass is 32.2. The molecule has 154 valence electrons. The maximum atomic E-state index is 13.9. The van der Waals surface area contributed by atoms with Crippen LogP contribution in [0.25, 0.3) is 5.70 Å². The largest absolute Gasteiger partial charge is 0.496 e. The Balaban J connectivity index is 2.02. The van der Waals surface area contributed by atoms with E-state index in [-0.39, 0.29) is 11.1 Å². The molecule has 0 N–H and O–H groups in total. The molecule has 1 aromatic heterocycles. The molecule has 0 aromatic carbocycles. The molecule has 1 aliphatic carbocycles. The quantitative estimate of drug-likeness (QED) is 0.638. The summed E-state index contributed by atoms with van der Waals surface area (Å²) < 4.78 is 49.1. The lowest BCUT2D eigenvalue weighted by atomic mass is 9.78. The zero-order valence-electron chi connectivity index (χ0n) is 16.4. The van der Waals surface area contributed by atoms with Crippen LogP contribution in [0.5, 0.6) is 0 Å². The Bertz CT molecular complexity index is 1030. The van der Waals surface area contributed by atoms with Gasteiger partial charge in [-0.05, 0) is 37.3 Å². The lowest BCUT2D eigenvalue weighted by Crippen LogP contribution is -2.50. The molecule has 0 radical (unpaired) electrons. The predicted molar refractivity (Wildman–Crippen MR) is 105 cm³/mol. The lowest BCUT2D eigenvalue weighted by Gasteiger charge is -2.43. The summed E-state index contributed by atoms with van der Waals surface area (Å²) in [5.41, 5.74) is 0.393. The number of methoxy groups -OCH3 is 1. The number of hydrogen-bond acceptors (Lipinski definition) is 5. The van der Waals surface area contributed by atoms with Gasteiger partial charge in [0.15, 0.2) is 5.12 Å². The average Bonchev–Trinajstić information content (AvgIpc) is 3.16. The molecule has 1 atom stereocenters. The highest BCUT2D eigenvalue weighted by Gasteiger charge is 2.58. The minimum absolute atomic E-state index is 0.0819. The van der Waals surface area contributed by atoms with Gasteiger partial charge >= 0.3 is 6.18 Å². The molecule has 4 rings (SSSR count). The fraction of sp³-hybridized carbons (Fsp3) is 0.400. The van der Waals surface area contributed by atoms with E-state index in [2.05, 4.69) is 4.98 Å². The number of hydrogen-bond donors (Lipinski definition) is 0. The fourth-order valence-electron chi connectivity index (χ4n) is 4.46. The highest BCUT2D eigenvalue weighted by Crippen LogP contribution is 2.57. The minimum Gasteiger partial charge on any atom is -0.496 e. The number of carbonyl (C=O) groups excluding carboxylic acids is 1. The maximum Gasteiger partial charge on any atom is 0.431 e. The second-order valence-corrected chi connectivity index (χ2v) is 8.27. The van der Waals surface area contributed by atoms with E-state index in [0.29, 0.717) is 29.3 Å². The third-order valence-electron chi connectivity index (χ3n) is 5.43. The number of thioether (sulfide) groups is 1. The Morgan fingerprint density at radius 3 is 2.72 bits per heavy atom. The maximum absolute atomic E-state index is 13.9. The van der Waals surface area contributed by atoms with Crippen molar-refractivity contribution in [1.82, 2.24) is 9.55 Å². The first-order valence-corrected chi connectivity index (χ1v) is 9.98. The van der Waals surface area contributed by atoms with Gasteiger partial charge in [0, 0.05) is 18.4 Å². The fourth-order valence-corrected chi connectivity index (χ4v) is 5.20. The molecule has 5 nitrogen and oxygen atoms in total. The van der Waals surface area contributed by atoms with Crippen molar-refractivity contribution in [2.24, 2.45) is 0 Å². The van der Waals surface area contributed by atoms with E-state index in [4.69, 9.17) is 4.74 Å². The summed E-state index contributed by atoms with van der Waals surface area (Å²) in [6, 6.07) is 0. The topological polar surface area (TPSA) is 47.4 Å². The van der Waals surface area contributed by atoms with Crippen LogP contribution in [-0.2, 0) is 9.53 Å². The second kappa shape index (κ2) is 6.55. The molecular weight excluding hydrogens is 403 g/mol. The first-order valence-electron chi connectivity index (χ1n) is 9.17. The monoisotopic (exact) mass is 423 g/mol. The number of anilines is 1. The number of rotatable bonds is 3. The Morgan fingerprint density at radius 1 is 1.38 bits per heavy atom. The molecule has 9 heteroatoms. The van der Waals surface area contributed by atoms with Gasteiger partial charge < -0.3 is 4.74 Å². The van der Waals surface area contributed by atoms with Crippen LogP contribution < -0.4 is 4.90 Å². The SMILES string of the molecule is CCC(=O)Sc1cnc2n1C1=C(C)C(OC)=C(C)CC13C=CC=C(C(F)(F)F)N23. The van der Waals surface area contributed by atoms with Crippen molar-refractivity contribution in [2.45, 2.75) is 50.4 Å². The van der Waals surface area contributed by atoms with Crippen LogP contribution in [0.2, 0.25) is 0 Å². The van der Waals surface area contributed by atoms with E-state index < -0.39 is 17.4 Å². The number of allylic oxidation sites excluding steroid dienone is 4. The van der Waals surface area contributed by atoms with Gasteiger partial charge in [-0.2, -0.15) is 13.2 Å². The van der Waals surface area contributed by atoms with Crippen molar-refractivity contribution in [3.63, 3.8) is 0 Å². The molecule has 3 aliphatic rings. The number of ether oxygens (including phenoxy) is 1. The van der Waals surface area contributed by atoms with E-state index in [9.17, 15) is 18.0 Å². The first kappa shape index (κ1) is 19.9. The van der Waals surface area contributed by atoms with E-state index >= 15 is 0 Å². The van der Waals surface area contributed by atoms with Gasteiger partial charge in [-0.15, -0.1) is 0 Å². The highest BCUT2D eigenvalue weighted by molar-refractivity contribution is 8.13. The van der Waals surface area contributed by atoms with E-state index in [1.165, 1.54) is 17.2 Å². The number of nitrogens with zero attached hydrogens (tertiary/aromatic N) is 3. The molecular formula is C20H20F3N3O2S. The van der Waals surface area contributed by atoms with Crippen LogP contribution in [0.15, 0.2) is 52.1 Å². The van der Waals surface area contributed by atoms with Gasteiger partial charge in [-0.25, -0.2) is 4.98 Å². The van der Waals surface area contributed by atoms with Crippen LogP contribution in [0, 0.1) is 0 Å². The molecule has 1 unspecified atom stereocenters. The molecule has 2 aliphatic heterocycles. The zero-order valence-corrected chi connectivity index (χ0v) is 17.2. The molecule has 1 aromatic rings. The summed E-state index contributed by atoms with van der Waals surface area (Å²) in [6.45, 7) is 5.44. The van der Waals surface area contributed by atoms with Crippen molar-refractivity contribution in [3.8, 4) is 0 Å². The van der Waals surface area contributed by atoms with Gasteiger partial charge in [-0.3, -0.25) is 14.3 Å². The summed E-state index contributed by atoms with van der Waals surface area (Å²) in [4.78, 5) is 17.6. The van der Waals surface area contributed by atoms with Crippen LogP contribution in [0.3, 0.4) is 0 Å². The Labute approximate surface area is 170 Å². The smallest absolute Gasteiger partial charge is 0.431 e. The normalized spacial score (nSPS) is 23.1. The van der Waals surface area contributed by atoms with Crippen LogP contribution in [0.4, 0.5) is 19.1 Å². The third kappa shape index (κ3) is 2.70. The van der Waals surface area contributed by atoms with Gasteiger partial charge in [0.05, 0.1) is 19.0 Å². The van der Waals surface area contributed by atoms with Crippen LogP contribution in [-0.4, -0.2) is 33.5 Å². The second-order valence-electron chi connectivity index (χ2n) is 7.19. The van der Waals surface area contributed by atoms with Crippen molar-refractivity contribution in [1.29, 1.82) is 0 Å². The van der Waals surface area contributed by atoms with Crippen LogP contribution in [0.1, 0.15) is 33.6 Å². The predicted octanol–water partition coefficient (Wildman–Crippen LogP) is 5.04. The Kier molecular flexibility index (Phi) is 4.49. The molecule has 3 heterocycles. The Morgan fingerprint density at radius 2 is 2.10 bits per heavy atom. The van der Waals surface area contributed by atoms with Crippen molar-refractivity contribution < 1.29 is 22.7 Å². The summed E-state index contributed by atoms with van der Waals surface area (Å²) in [5, 5.41) is 0.418. The van der Waals surface area contributed by atoms with Gasteiger partial charge in [-0.1, -0.05) is 19.1 Å². The van der Waals surface area contributed by atoms with E-state index in [1.807, 2.05) is 13.8 Å². The van der Waals surface area contributed by atoms with Crippen molar-refractivity contribution >= 4 is 28.5 Å². The molecule has 0 amide bonds. The summed E-state index contributed by atoms with van der Waals surface area (Å²) in [7, 11) is 1.55. The van der Waals surface area contributed by atoms with Gasteiger partial charge in [0.25, 0.3) is 0 Å². The minimum atomic E-state index is -4.55. The van der Waals surface area contributed by atoms with Gasteiger partial charge in [0.2, 0.25) is 5.95 Å². The number of alkyl halides is 3. The molecule has 0 fully saturated rings. The lowest BCUT2D eigenvalue weighted by molar-refractivity contribution is -0.110.